The van der Waals surface area contributed by atoms with Gasteiger partial charge in [0.2, 0.25) is 0 Å². The van der Waals surface area contributed by atoms with Crippen molar-refractivity contribution in [1.29, 1.82) is 0 Å². The summed E-state index contributed by atoms with van der Waals surface area (Å²) in [5.74, 6) is 0. The first-order valence-corrected chi connectivity index (χ1v) is 9.62. The summed E-state index contributed by atoms with van der Waals surface area (Å²) in [6, 6.07) is 7.49. The Kier molecular flexibility index (Phi) is 4.41. The standard InChI is InChI=1S/C15H21BrO2S/c1-12(16)15(10-4-3-5-11-15)13-6-8-14(9-7-13)19(2,17)18/h6-9,12H,3-5,10-11H2,1-2H3. The highest BCUT2D eigenvalue weighted by Gasteiger charge is 2.37. The lowest BCUT2D eigenvalue weighted by atomic mass is 9.68. The lowest BCUT2D eigenvalue weighted by molar-refractivity contribution is 0.294. The number of hydrogen-bond acceptors (Lipinski definition) is 2. The van der Waals surface area contributed by atoms with Gasteiger partial charge in [0, 0.05) is 16.5 Å². The molecule has 0 saturated heterocycles. The van der Waals surface area contributed by atoms with Gasteiger partial charge in [0.1, 0.15) is 0 Å². The summed E-state index contributed by atoms with van der Waals surface area (Å²) < 4.78 is 23.0. The van der Waals surface area contributed by atoms with Crippen LogP contribution in [0.5, 0.6) is 0 Å². The second-order valence-corrected chi connectivity index (χ2v) is 9.02. The minimum atomic E-state index is -3.10. The third-order valence-electron chi connectivity index (χ3n) is 4.36. The quantitative estimate of drug-likeness (QED) is 0.774. The first-order valence-electron chi connectivity index (χ1n) is 6.81. The van der Waals surface area contributed by atoms with Crippen molar-refractivity contribution in [2.45, 2.75) is 54.2 Å². The van der Waals surface area contributed by atoms with E-state index in [0.29, 0.717) is 9.72 Å². The Labute approximate surface area is 124 Å². The highest BCUT2D eigenvalue weighted by molar-refractivity contribution is 9.09. The van der Waals surface area contributed by atoms with Crippen molar-refractivity contribution < 1.29 is 8.42 Å². The number of sulfone groups is 1. The van der Waals surface area contributed by atoms with Crippen LogP contribution in [-0.4, -0.2) is 19.5 Å². The van der Waals surface area contributed by atoms with Crippen molar-refractivity contribution in [2.24, 2.45) is 0 Å². The van der Waals surface area contributed by atoms with E-state index in [-0.39, 0.29) is 5.41 Å². The van der Waals surface area contributed by atoms with E-state index >= 15 is 0 Å². The van der Waals surface area contributed by atoms with Crippen LogP contribution in [-0.2, 0) is 15.3 Å². The van der Waals surface area contributed by atoms with Crippen molar-refractivity contribution in [1.82, 2.24) is 0 Å². The molecule has 106 valence electrons. The summed E-state index contributed by atoms with van der Waals surface area (Å²) in [6.45, 7) is 2.20. The van der Waals surface area contributed by atoms with Crippen molar-refractivity contribution in [2.75, 3.05) is 6.26 Å². The Morgan fingerprint density at radius 1 is 1.11 bits per heavy atom. The van der Waals surface area contributed by atoms with E-state index in [9.17, 15) is 8.42 Å². The Hall–Kier alpha value is -0.350. The maximum Gasteiger partial charge on any atom is 0.175 e. The maximum absolute atomic E-state index is 11.5. The third kappa shape index (κ3) is 3.05. The number of halogens is 1. The van der Waals surface area contributed by atoms with Crippen LogP contribution in [0.15, 0.2) is 29.2 Å². The van der Waals surface area contributed by atoms with Crippen LogP contribution < -0.4 is 0 Å². The molecule has 0 aliphatic heterocycles. The van der Waals surface area contributed by atoms with Crippen molar-refractivity contribution in [3.8, 4) is 0 Å². The average molecular weight is 345 g/mol. The fourth-order valence-electron chi connectivity index (χ4n) is 3.13. The van der Waals surface area contributed by atoms with Gasteiger partial charge in [-0.15, -0.1) is 0 Å². The molecular formula is C15H21BrO2S. The molecule has 0 aromatic heterocycles. The first kappa shape index (κ1) is 15.0. The third-order valence-corrected chi connectivity index (χ3v) is 6.37. The SMILES string of the molecule is CC(Br)C1(c2ccc(S(C)(=O)=O)cc2)CCCCC1. The van der Waals surface area contributed by atoms with E-state index in [1.807, 2.05) is 12.1 Å². The molecule has 0 radical (unpaired) electrons. The lowest BCUT2D eigenvalue weighted by Gasteiger charge is -2.40. The zero-order chi connectivity index (χ0) is 14.1. The molecule has 2 rings (SSSR count). The molecule has 1 unspecified atom stereocenters. The molecule has 1 aromatic carbocycles. The topological polar surface area (TPSA) is 34.1 Å². The number of hydrogen-bond donors (Lipinski definition) is 0. The van der Waals surface area contributed by atoms with Gasteiger partial charge >= 0.3 is 0 Å². The van der Waals surface area contributed by atoms with Gasteiger partial charge in [-0.1, -0.05) is 54.2 Å². The summed E-state index contributed by atoms with van der Waals surface area (Å²) in [5, 5.41) is 0. The summed E-state index contributed by atoms with van der Waals surface area (Å²) >= 11 is 3.77. The Balaban J connectivity index is 2.38. The molecule has 0 bridgehead atoms. The molecule has 4 heteroatoms. The molecule has 19 heavy (non-hydrogen) atoms. The van der Waals surface area contributed by atoms with Gasteiger partial charge in [-0.2, -0.15) is 0 Å². The van der Waals surface area contributed by atoms with Gasteiger partial charge in [-0.05, 0) is 30.5 Å². The van der Waals surface area contributed by atoms with Crippen LogP contribution in [0.1, 0.15) is 44.6 Å². The van der Waals surface area contributed by atoms with Crippen LogP contribution in [0.3, 0.4) is 0 Å². The van der Waals surface area contributed by atoms with Crippen molar-refractivity contribution >= 4 is 25.8 Å². The highest BCUT2D eigenvalue weighted by Crippen LogP contribution is 2.44. The van der Waals surface area contributed by atoms with E-state index in [0.717, 1.165) is 0 Å². The van der Waals surface area contributed by atoms with Crippen LogP contribution in [0.2, 0.25) is 0 Å². The number of rotatable bonds is 3. The molecule has 2 nitrogen and oxygen atoms in total. The van der Waals surface area contributed by atoms with Gasteiger partial charge in [0.05, 0.1) is 4.90 Å². The largest absolute Gasteiger partial charge is 0.224 e. The van der Waals surface area contributed by atoms with E-state index in [1.165, 1.54) is 43.9 Å². The molecule has 0 amide bonds. The Morgan fingerprint density at radius 3 is 2.05 bits per heavy atom. The normalized spacial score (nSPS) is 21.0. The summed E-state index contributed by atoms with van der Waals surface area (Å²) in [4.78, 5) is 0.814. The second kappa shape index (κ2) is 5.57. The summed E-state index contributed by atoms with van der Waals surface area (Å²) in [6.07, 6.45) is 7.43. The van der Waals surface area contributed by atoms with E-state index in [1.54, 1.807) is 12.1 Å². The monoisotopic (exact) mass is 344 g/mol. The summed E-state index contributed by atoms with van der Waals surface area (Å²) in [5.41, 5.74) is 1.43. The molecule has 0 heterocycles. The van der Waals surface area contributed by atoms with Crippen molar-refractivity contribution in [3.05, 3.63) is 29.8 Å². The van der Waals surface area contributed by atoms with Gasteiger partial charge in [0.15, 0.2) is 9.84 Å². The van der Waals surface area contributed by atoms with Gasteiger partial charge in [-0.3, -0.25) is 0 Å². The molecular weight excluding hydrogens is 324 g/mol. The minimum absolute atomic E-state index is 0.161. The Morgan fingerprint density at radius 2 is 1.63 bits per heavy atom. The zero-order valence-corrected chi connectivity index (χ0v) is 13.9. The molecule has 0 N–H and O–H groups in total. The Bertz CT molecular complexity index is 526. The van der Waals surface area contributed by atoms with Crippen LogP contribution in [0, 0.1) is 0 Å². The average Bonchev–Trinajstić information content (AvgIpc) is 2.38. The summed E-state index contributed by atoms with van der Waals surface area (Å²) in [7, 11) is -3.10. The van der Waals surface area contributed by atoms with Crippen LogP contribution in [0.4, 0.5) is 0 Å². The second-order valence-electron chi connectivity index (χ2n) is 5.63. The fraction of sp³-hybridized carbons (Fsp3) is 0.600. The molecule has 0 spiro atoms. The van der Waals surface area contributed by atoms with E-state index in [2.05, 4.69) is 22.9 Å². The van der Waals surface area contributed by atoms with Gasteiger partial charge in [-0.25, -0.2) is 8.42 Å². The molecule has 1 aliphatic rings. The van der Waals surface area contributed by atoms with Crippen LogP contribution >= 0.6 is 15.9 Å². The molecule has 1 atom stereocenters. The maximum atomic E-state index is 11.5. The molecule has 1 fully saturated rings. The molecule has 1 saturated carbocycles. The van der Waals surface area contributed by atoms with Crippen molar-refractivity contribution in [3.63, 3.8) is 0 Å². The lowest BCUT2D eigenvalue weighted by Crippen LogP contribution is -2.36. The van der Waals surface area contributed by atoms with E-state index in [4.69, 9.17) is 0 Å². The smallest absolute Gasteiger partial charge is 0.175 e. The molecule has 1 aromatic rings. The predicted octanol–water partition coefficient (Wildman–Crippen LogP) is 4.08. The predicted molar refractivity (Wildman–Crippen MR) is 82.7 cm³/mol. The molecule has 1 aliphatic carbocycles. The zero-order valence-electron chi connectivity index (χ0n) is 11.5. The highest BCUT2D eigenvalue weighted by atomic mass is 79.9. The number of alkyl halides is 1. The van der Waals surface area contributed by atoms with Gasteiger partial charge in [0.25, 0.3) is 0 Å². The van der Waals surface area contributed by atoms with Gasteiger partial charge < -0.3 is 0 Å². The number of benzene rings is 1. The fourth-order valence-corrected chi connectivity index (χ4v) is 4.49. The van der Waals surface area contributed by atoms with Crippen LogP contribution in [0.25, 0.3) is 0 Å². The first-order chi connectivity index (χ1) is 8.86. The minimum Gasteiger partial charge on any atom is -0.224 e. The van der Waals surface area contributed by atoms with E-state index < -0.39 is 9.84 Å².